The molecule has 2 unspecified atom stereocenters. The van der Waals surface area contributed by atoms with Crippen LogP contribution < -0.4 is 0 Å². The molecule has 11 heteroatoms. The molecule has 2 fully saturated rings. The SMILES string of the molecule is [CH2-]OCC(O)COCC(=O)N1CCCC1.[CH2-]OCC(O)COCC(=O)N1CCCC1.[Rf]. The van der Waals surface area contributed by atoms with Crippen molar-refractivity contribution in [2.24, 2.45) is 0 Å². The van der Waals surface area contributed by atoms with Gasteiger partial charge in [-0.2, -0.15) is 0 Å². The third-order valence-electron chi connectivity index (χ3n) is 4.61. The van der Waals surface area contributed by atoms with Gasteiger partial charge in [-0.15, -0.1) is 0 Å². The molecule has 2 N–H and O–H groups in total. The quantitative estimate of drug-likeness (QED) is 0.265. The zero-order chi connectivity index (χ0) is 22.2. The molecule has 2 saturated heterocycles. The minimum Gasteiger partial charge on any atom is -0.553 e. The number of hydrogen-bond donors (Lipinski definition) is 2. The van der Waals surface area contributed by atoms with Crippen LogP contribution in [0.1, 0.15) is 25.7 Å². The molecule has 31 heavy (non-hydrogen) atoms. The monoisotopic (exact) mass is 699 g/mol. The van der Waals surface area contributed by atoms with Gasteiger partial charge in [0.25, 0.3) is 0 Å². The summed E-state index contributed by atoms with van der Waals surface area (Å²) in [4.78, 5) is 26.5. The molecule has 0 radical (unpaired) electrons. The first-order valence-electron chi connectivity index (χ1n) is 10.3. The standard InChI is InChI=1S/2C10H18NO4.Rf/c2*1-14-6-9(12)7-15-8-10(13)11-4-2-3-5-11;/h2*9,12H,1-8H2;/q2*-1;. The second-order valence-corrected chi connectivity index (χ2v) is 7.26. The Morgan fingerprint density at radius 2 is 1.03 bits per heavy atom. The van der Waals surface area contributed by atoms with Crippen molar-refractivity contribution in [2.75, 3.05) is 65.8 Å². The number of hydrogen-bond acceptors (Lipinski definition) is 8. The maximum atomic E-state index is 11.5. The Morgan fingerprint density at radius 1 is 0.710 bits per heavy atom. The normalized spacial score (nSPS) is 17.5. The second-order valence-electron chi connectivity index (χ2n) is 7.26. The minimum absolute atomic E-state index is 0. The molecule has 2 heterocycles. The first kappa shape index (κ1) is 28.7. The Bertz CT molecular complexity index is 432. The van der Waals surface area contributed by atoms with Crippen molar-refractivity contribution in [1.82, 2.24) is 9.80 Å². The zero-order valence-electron chi connectivity index (χ0n) is 18.4. The van der Waals surface area contributed by atoms with Crippen LogP contribution >= 0.6 is 0 Å². The van der Waals surface area contributed by atoms with Gasteiger partial charge in [-0.25, -0.2) is 14.2 Å². The van der Waals surface area contributed by atoms with Crippen LogP contribution in [0.2, 0.25) is 0 Å². The third kappa shape index (κ3) is 12.9. The van der Waals surface area contributed by atoms with Crippen molar-refractivity contribution >= 4 is 11.8 Å². The van der Waals surface area contributed by atoms with Gasteiger partial charge in [0.15, 0.2) is 0 Å². The molecule has 0 aromatic heterocycles. The predicted molar refractivity (Wildman–Crippen MR) is 108 cm³/mol. The largest absolute Gasteiger partial charge is 0.553 e. The van der Waals surface area contributed by atoms with Gasteiger partial charge in [-0.05, 0) is 25.7 Å². The molecular formula is C20H36N2O8Rf-2. The fraction of sp³-hybridized carbons (Fsp3) is 0.800. The molecule has 2 atom stereocenters. The molecule has 0 aromatic rings. The topological polar surface area (TPSA) is 118 Å². The van der Waals surface area contributed by atoms with Crippen molar-refractivity contribution < 1.29 is 38.7 Å². The second kappa shape index (κ2) is 17.4. The maximum absolute atomic E-state index is 11.5. The van der Waals surface area contributed by atoms with Crippen LogP contribution in [0, 0.1) is 14.2 Å². The molecule has 0 aromatic carbocycles. The summed E-state index contributed by atoms with van der Waals surface area (Å²) in [5.41, 5.74) is 0. The van der Waals surface area contributed by atoms with Gasteiger partial charge in [-0.3, -0.25) is 9.59 Å². The Hall–Kier alpha value is -2.30. The van der Waals surface area contributed by atoms with Gasteiger partial charge in [0.2, 0.25) is 11.8 Å². The van der Waals surface area contributed by atoms with Crippen LogP contribution in [0.3, 0.4) is 0 Å². The molecule has 10 nitrogen and oxygen atoms in total. The van der Waals surface area contributed by atoms with E-state index < -0.39 is 12.2 Å². The van der Waals surface area contributed by atoms with Crippen molar-refractivity contribution in [3.05, 3.63) is 14.2 Å². The number of carbonyl (C=O) groups is 2. The Kier molecular flexibility index (Phi) is 16.1. The van der Waals surface area contributed by atoms with E-state index >= 15 is 0 Å². The summed E-state index contributed by atoms with van der Waals surface area (Å²) in [6.45, 7) is 3.83. The summed E-state index contributed by atoms with van der Waals surface area (Å²) in [6, 6.07) is 0. The van der Waals surface area contributed by atoms with E-state index in [0.29, 0.717) is 0 Å². The summed E-state index contributed by atoms with van der Waals surface area (Å²) in [5, 5.41) is 18.4. The van der Waals surface area contributed by atoms with Crippen molar-refractivity contribution in [2.45, 2.75) is 37.9 Å². The van der Waals surface area contributed by atoms with Gasteiger partial charge in [0.1, 0.15) is 13.2 Å². The fourth-order valence-electron chi connectivity index (χ4n) is 3.05. The number of aliphatic hydroxyl groups is 2. The summed E-state index contributed by atoms with van der Waals surface area (Å²) in [6.07, 6.45) is 2.86. The maximum Gasteiger partial charge on any atom is 0.248 e. The fourth-order valence-corrected chi connectivity index (χ4v) is 3.05. The van der Waals surface area contributed by atoms with E-state index in [2.05, 4.69) is 23.7 Å². The average Bonchev–Trinajstić information content (AvgIpc) is 3.43. The van der Waals surface area contributed by atoms with Crippen LogP contribution in [0.25, 0.3) is 0 Å². The van der Waals surface area contributed by atoms with Crippen LogP contribution in [-0.4, -0.2) is 110 Å². The summed E-state index contributed by atoms with van der Waals surface area (Å²) in [5.74, 6) is -0.00881. The van der Waals surface area contributed by atoms with Gasteiger partial charge in [0.05, 0.1) is 25.4 Å². The van der Waals surface area contributed by atoms with E-state index in [1.54, 1.807) is 9.80 Å². The van der Waals surface area contributed by atoms with Crippen molar-refractivity contribution in [3.63, 3.8) is 0 Å². The average molecular weight is 700 g/mol. The molecule has 178 valence electrons. The van der Waals surface area contributed by atoms with Gasteiger partial charge in [0, 0.05) is 39.4 Å². The van der Waals surface area contributed by atoms with Gasteiger partial charge < -0.3 is 39.0 Å². The van der Waals surface area contributed by atoms with E-state index in [4.69, 9.17) is 9.47 Å². The van der Waals surface area contributed by atoms with Crippen LogP contribution in [-0.2, 0) is 28.5 Å². The van der Waals surface area contributed by atoms with Crippen molar-refractivity contribution in [1.29, 1.82) is 0 Å². The van der Waals surface area contributed by atoms with Crippen molar-refractivity contribution in [3.8, 4) is 0 Å². The van der Waals surface area contributed by atoms with Gasteiger partial charge >= 0.3 is 0 Å². The predicted octanol–water partition coefficient (Wildman–Crippen LogP) is -0.411. The summed E-state index contributed by atoms with van der Waals surface area (Å²) in [7, 11) is 6.28. The summed E-state index contributed by atoms with van der Waals surface area (Å²) >= 11 is 0. The first-order chi connectivity index (χ1) is 14.5. The molecule has 0 bridgehead atoms. The van der Waals surface area contributed by atoms with E-state index in [0.717, 1.165) is 51.9 Å². The Balaban J connectivity index is 0.000000562. The number of nitrogens with zero attached hydrogens (tertiary/aromatic N) is 2. The number of amides is 2. The number of rotatable bonds is 12. The molecule has 2 aliphatic heterocycles. The number of carbonyl (C=O) groups excluding carboxylic acids is 2. The number of ether oxygens (including phenoxy) is 4. The zero-order valence-corrected chi connectivity index (χ0v) is 24.8. The van der Waals surface area contributed by atoms with E-state index in [1.165, 1.54) is 0 Å². The van der Waals surface area contributed by atoms with E-state index in [1.807, 2.05) is 0 Å². The molecule has 2 aliphatic rings. The third-order valence-corrected chi connectivity index (χ3v) is 4.61. The van der Waals surface area contributed by atoms with E-state index in [-0.39, 0.29) is 51.5 Å². The molecule has 0 saturated carbocycles. The first-order valence-corrected chi connectivity index (χ1v) is 10.3. The molecule has 0 spiro atoms. The van der Waals surface area contributed by atoms with Gasteiger partial charge in [-0.1, -0.05) is 0 Å². The van der Waals surface area contributed by atoms with Crippen LogP contribution in [0.5, 0.6) is 0 Å². The molecule has 2 rings (SSSR count). The van der Waals surface area contributed by atoms with Crippen LogP contribution in [0.4, 0.5) is 0 Å². The number of aliphatic hydroxyl groups excluding tert-OH is 2. The number of likely N-dealkylation sites (tertiary alicyclic amines) is 2. The molecule has 0 aliphatic carbocycles. The molecular weight excluding hydrogens is 663 g/mol. The summed E-state index contributed by atoms with van der Waals surface area (Å²) < 4.78 is 19.1. The Morgan fingerprint density at radius 3 is 1.32 bits per heavy atom. The smallest absolute Gasteiger partial charge is 0.248 e. The van der Waals surface area contributed by atoms with Crippen LogP contribution in [0.15, 0.2) is 0 Å². The van der Waals surface area contributed by atoms with E-state index in [9.17, 15) is 19.8 Å². The minimum atomic E-state index is -0.714. The Labute approximate surface area is 179 Å². The molecule has 2 amide bonds.